The Morgan fingerprint density at radius 2 is 1.84 bits per heavy atom. The van der Waals surface area contributed by atoms with E-state index in [-0.39, 0.29) is 5.91 Å². The van der Waals surface area contributed by atoms with Crippen LogP contribution < -0.4 is 5.32 Å². The number of amides is 1. The summed E-state index contributed by atoms with van der Waals surface area (Å²) in [5.74, 6) is 0.532. The highest BCUT2D eigenvalue weighted by Gasteiger charge is 2.20. The third kappa shape index (κ3) is 4.22. The Labute approximate surface area is 181 Å². The number of aromatic nitrogens is 4. The maximum absolute atomic E-state index is 12.9. The van der Waals surface area contributed by atoms with E-state index in [1.54, 1.807) is 0 Å². The molecule has 1 aliphatic rings. The summed E-state index contributed by atoms with van der Waals surface area (Å²) in [5, 5.41) is 3.04. The van der Waals surface area contributed by atoms with Crippen LogP contribution in [0.3, 0.4) is 0 Å². The second-order valence-electron chi connectivity index (χ2n) is 7.96. The molecule has 7 heteroatoms. The summed E-state index contributed by atoms with van der Waals surface area (Å²) < 4.78 is 3.97. The van der Waals surface area contributed by atoms with Crippen molar-refractivity contribution in [1.29, 1.82) is 0 Å². The molecule has 0 radical (unpaired) electrons. The first kappa shape index (κ1) is 19.5. The molecule has 158 valence electrons. The Hall–Kier alpha value is -3.45. The molecule has 4 aromatic rings. The SMILES string of the molecule is O=C(NCCN1CCCC1)c1nc(-c2cn(Cc3ccccc3)cn2)n2ccccc12. The lowest BCUT2D eigenvalue weighted by molar-refractivity contribution is 0.0947. The number of nitrogens with one attached hydrogen (secondary N) is 1. The lowest BCUT2D eigenvalue weighted by atomic mass is 10.2. The highest BCUT2D eigenvalue weighted by molar-refractivity contribution is 5.99. The molecule has 0 spiro atoms. The molecule has 1 aliphatic heterocycles. The Balaban J connectivity index is 1.37. The largest absolute Gasteiger partial charge is 0.349 e. The molecule has 0 bridgehead atoms. The zero-order valence-electron chi connectivity index (χ0n) is 17.4. The van der Waals surface area contributed by atoms with Gasteiger partial charge in [-0.25, -0.2) is 9.97 Å². The van der Waals surface area contributed by atoms with Crippen LogP contribution in [0.4, 0.5) is 0 Å². The number of benzene rings is 1. The van der Waals surface area contributed by atoms with Gasteiger partial charge < -0.3 is 14.8 Å². The summed E-state index contributed by atoms with van der Waals surface area (Å²) in [6.07, 6.45) is 8.21. The lowest BCUT2D eigenvalue weighted by Gasteiger charge is -2.14. The number of rotatable bonds is 7. The van der Waals surface area contributed by atoms with Crippen molar-refractivity contribution in [2.45, 2.75) is 19.4 Å². The molecule has 31 heavy (non-hydrogen) atoms. The minimum Gasteiger partial charge on any atom is -0.349 e. The standard InChI is InChI=1S/C24H26N6O/c31-24(25-11-15-28-12-6-7-13-28)22-21-10-4-5-14-30(21)23(27-22)20-17-29(18-26-20)16-19-8-2-1-3-9-19/h1-5,8-10,14,17-18H,6-7,11-13,15-16H2,(H,25,31). The van der Waals surface area contributed by atoms with Crippen LogP contribution in [0.5, 0.6) is 0 Å². The van der Waals surface area contributed by atoms with Crippen LogP contribution in [-0.2, 0) is 6.54 Å². The molecule has 5 rings (SSSR count). The molecule has 3 aromatic heterocycles. The summed E-state index contributed by atoms with van der Waals surface area (Å²) in [6.45, 7) is 4.50. The third-order valence-electron chi connectivity index (χ3n) is 5.75. The zero-order valence-corrected chi connectivity index (χ0v) is 17.4. The van der Waals surface area contributed by atoms with Gasteiger partial charge in [0.1, 0.15) is 5.69 Å². The van der Waals surface area contributed by atoms with E-state index in [4.69, 9.17) is 4.98 Å². The van der Waals surface area contributed by atoms with Crippen LogP contribution in [0.15, 0.2) is 67.3 Å². The van der Waals surface area contributed by atoms with Gasteiger partial charge in [0.25, 0.3) is 5.91 Å². The van der Waals surface area contributed by atoms with Crippen LogP contribution in [0.2, 0.25) is 0 Å². The minimum atomic E-state index is -0.141. The molecule has 1 N–H and O–H groups in total. The monoisotopic (exact) mass is 414 g/mol. The van der Waals surface area contributed by atoms with Crippen molar-refractivity contribution in [3.05, 3.63) is 78.5 Å². The zero-order chi connectivity index (χ0) is 21.0. The first-order valence-corrected chi connectivity index (χ1v) is 10.8. The second-order valence-corrected chi connectivity index (χ2v) is 7.96. The lowest BCUT2D eigenvalue weighted by Crippen LogP contribution is -2.33. The van der Waals surface area contributed by atoms with E-state index in [1.165, 1.54) is 18.4 Å². The van der Waals surface area contributed by atoms with Crippen molar-refractivity contribution < 1.29 is 4.79 Å². The van der Waals surface area contributed by atoms with E-state index in [0.29, 0.717) is 18.1 Å². The predicted molar refractivity (Wildman–Crippen MR) is 120 cm³/mol. The number of likely N-dealkylation sites (tertiary alicyclic amines) is 1. The number of nitrogens with zero attached hydrogens (tertiary/aromatic N) is 5. The van der Waals surface area contributed by atoms with Crippen LogP contribution >= 0.6 is 0 Å². The minimum absolute atomic E-state index is 0.141. The van der Waals surface area contributed by atoms with Crippen molar-refractivity contribution in [3.8, 4) is 11.5 Å². The topological polar surface area (TPSA) is 67.5 Å². The van der Waals surface area contributed by atoms with Crippen molar-refractivity contribution in [2.24, 2.45) is 0 Å². The fourth-order valence-corrected chi connectivity index (χ4v) is 4.16. The molecular formula is C24H26N6O. The van der Waals surface area contributed by atoms with Crippen LogP contribution in [0.1, 0.15) is 28.9 Å². The third-order valence-corrected chi connectivity index (χ3v) is 5.75. The van der Waals surface area contributed by atoms with Gasteiger partial charge in [0.2, 0.25) is 0 Å². The molecular weight excluding hydrogens is 388 g/mol. The van der Waals surface area contributed by atoms with Crippen LogP contribution in [0, 0.1) is 0 Å². The molecule has 0 saturated carbocycles. The normalized spacial score (nSPS) is 14.3. The maximum atomic E-state index is 12.9. The Morgan fingerprint density at radius 3 is 2.68 bits per heavy atom. The maximum Gasteiger partial charge on any atom is 0.272 e. The van der Waals surface area contributed by atoms with Gasteiger partial charge in [-0.15, -0.1) is 0 Å². The predicted octanol–water partition coefficient (Wildman–Crippen LogP) is 3.07. The van der Waals surface area contributed by atoms with Gasteiger partial charge in [0.05, 0.1) is 11.8 Å². The first-order chi connectivity index (χ1) is 15.3. The number of imidazole rings is 2. The summed E-state index contributed by atoms with van der Waals surface area (Å²) in [5.41, 5.74) is 3.18. The summed E-state index contributed by atoms with van der Waals surface area (Å²) in [7, 11) is 0. The van der Waals surface area contributed by atoms with E-state index in [1.807, 2.05) is 64.1 Å². The average molecular weight is 415 g/mol. The molecule has 0 atom stereocenters. The number of pyridine rings is 1. The number of carbonyl (C=O) groups excluding carboxylic acids is 1. The number of fused-ring (bicyclic) bond motifs is 1. The highest BCUT2D eigenvalue weighted by Crippen LogP contribution is 2.22. The van der Waals surface area contributed by atoms with Gasteiger partial charge in [-0.3, -0.25) is 9.20 Å². The smallest absolute Gasteiger partial charge is 0.272 e. The molecule has 1 aromatic carbocycles. The van der Waals surface area contributed by atoms with E-state index in [0.717, 1.165) is 37.4 Å². The van der Waals surface area contributed by atoms with Crippen molar-refractivity contribution in [1.82, 2.24) is 29.2 Å². The quantitative estimate of drug-likeness (QED) is 0.505. The molecule has 4 heterocycles. The Kier molecular flexibility index (Phi) is 5.50. The van der Waals surface area contributed by atoms with Crippen molar-refractivity contribution in [3.63, 3.8) is 0 Å². The molecule has 7 nitrogen and oxygen atoms in total. The van der Waals surface area contributed by atoms with Crippen LogP contribution in [-0.4, -0.2) is 55.9 Å². The molecule has 1 fully saturated rings. The molecule has 0 aliphatic carbocycles. The first-order valence-electron chi connectivity index (χ1n) is 10.8. The van der Waals surface area contributed by atoms with Gasteiger partial charge in [-0.1, -0.05) is 36.4 Å². The van der Waals surface area contributed by atoms with Gasteiger partial charge in [-0.05, 0) is 43.6 Å². The Bertz CT molecular complexity index is 1170. The van der Waals surface area contributed by atoms with Gasteiger partial charge in [0, 0.05) is 32.0 Å². The van der Waals surface area contributed by atoms with Crippen molar-refractivity contribution >= 4 is 11.4 Å². The molecule has 1 amide bonds. The van der Waals surface area contributed by atoms with Gasteiger partial charge >= 0.3 is 0 Å². The number of hydrogen-bond donors (Lipinski definition) is 1. The van der Waals surface area contributed by atoms with E-state index in [2.05, 4.69) is 27.3 Å². The Morgan fingerprint density at radius 1 is 1.03 bits per heavy atom. The summed E-state index contributed by atoms with van der Waals surface area (Å²) in [6, 6.07) is 16.0. The second kappa shape index (κ2) is 8.73. The van der Waals surface area contributed by atoms with Gasteiger partial charge in [0.15, 0.2) is 11.5 Å². The van der Waals surface area contributed by atoms with E-state index in [9.17, 15) is 4.79 Å². The number of hydrogen-bond acceptors (Lipinski definition) is 4. The highest BCUT2D eigenvalue weighted by atomic mass is 16.1. The number of carbonyl (C=O) groups is 1. The fraction of sp³-hybridized carbons (Fsp3) is 0.292. The summed E-state index contributed by atoms with van der Waals surface area (Å²) in [4.78, 5) is 24.5. The van der Waals surface area contributed by atoms with Crippen molar-refractivity contribution in [2.75, 3.05) is 26.2 Å². The van der Waals surface area contributed by atoms with E-state index >= 15 is 0 Å². The fourth-order valence-electron chi connectivity index (χ4n) is 4.16. The molecule has 1 saturated heterocycles. The van der Waals surface area contributed by atoms with Gasteiger partial charge in [-0.2, -0.15) is 0 Å². The molecule has 0 unspecified atom stereocenters. The summed E-state index contributed by atoms with van der Waals surface area (Å²) >= 11 is 0. The van der Waals surface area contributed by atoms with Crippen LogP contribution in [0.25, 0.3) is 17.0 Å². The average Bonchev–Trinajstić information content (AvgIpc) is 3.54. The van der Waals surface area contributed by atoms with E-state index < -0.39 is 0 Å².